The lowest BCUT2D eigenvalue weighted by atomic mass is 9.83. The van der Waals surface area contributed by atoms with Crippen LogP contribution in [0.2, 0.25) is 0 Å². The van der Waals surface area contributed by atoms with Gasteiger partial charge in [-0.2, -0.15) is 0 Å². The number of unbranched alkanes of at least 4 members (excludes halogenated alkanes) is 5. The van der Waals surface area contributed by atoms with Crippen LogP contribution in [0.15, 0.2) is 36.4 Å². The Morgan fingerprint density at radius 2 is 1.44 bits per heavy atom. The third-order valence-corrected chi connectivity index (χ3v) is 5.88. The molecule has 1 aliphatic rings. The highest BCUT2D eigenvalue weighted by molar-refractivity contribution is 5.97. The fourth-order valence-corrected chi connectivity index (χ4v) is 4.21. The number of hydrogen-bond acceptors (Lipinski definition) is 1. The summed E-state index contributed by atoms with van der Waals surface area (Å²) < 4.78 is 0. The van der Waals surface area contributed by atoms with Crippen LogP contribution in [0.1, 0.15) is 92.3 Å². The Morgan fingerprint density at radius 3 is 2.19 bits per heavy atom. The second kappa shape index (κ2) is 9.88. The van der Waals surface area contributed by atoms with Gasteiger partial charge >= 0.3 is 0 Å². The maximum atomic E-state index is 12.5. The normalized spacial score (nSPS) is 12.5. The standard InChI is InChI=1S/C26H34O/c1-3-5-7-9-11-26(27)23-15-17-25-22(19-23)14-13-21-18-20(10-8-6-4-2)12-16-24(21)25/h12,15-19H,3-11,13-14H2,1-2H3. The minimum absolute atomic E-state index is 0.311. The van der Waals surface area contributed by atoms with Crippen molar-refractivity contribution in [3.05, 3.63) is 58.7 Å². The highest BCUT2D eigenvalue weighted by Crippen LogP contribution is 2.35. The molecule has 0 radical (unpaired) electrons. The summed E-state index contributed by atoms with van der Waals surface area (Å²) in [5.41, 5.74) is 7.92. The monoisotopic (exact) mass is 362 g/mol. The Bertz CT molecular complexity index is 772. The average Bonchev–Trinajstić information content (AvgIpc) is 2.70. The summed E-state index contributed by atoms with van der Waals surface area (Å²) in [5.74, 6) is 0.311. The van der Waals surface area contributed by atoms with Crippen molar-refractivity contribution in [2.75, 3.05) is 0 Å². The van der Waals surface area contributed by atoms with Crippen LogP contribution in [0.4, 0.5) is 0 Å². The van der Waals surface area contributed by atoms with Crippen molar-refractivity contribution in [3.63, 3.8) is 0 Å². The molecule has 27 heavy (non-hydrogen) atoms. The summed E-state index contributed by atoms with van der Waals surface area (Å²) in [6, 6.07) is 13.4. The minimum Gasteiger partial charge on any atom is -0.294 e. The van der Waals surface area contributed by atoms with E-state index in [9.17, 15) is 4.79 Å². The van der Waals surface area contributed by atoms with Gasteiger partial charge in [0, 0.05) is 12.0 Å². The molecule has 144 valence electrons. The van der Waals surface area contributed by atoms with E-state index >= 15 is 0 Å². The Labute approximate surface area is 165 Å². The van der Waals surface area contributed by atoms with E-state index in [2.05, 4.69) is 44.2 Å². The van der Waals surface area contributed by atoms with Crippen LogP contribution < -0.4 is 0 Å². The second-order valence-electron chi connectivity index (χ2n) is 8.05. The van der Waals surface area contributed by atoms with Gasteiger partial charge in [0.15, 0.2) is 5.78 Å². The molecule has 0 aromatic heterocycles. The number of benzene rings is 2. The van der Waals surface area contributed by atoms with Crippen LogP contribution in [-0.4, -0.2) is 5.78 Å². The first-order chi connectivity index (χ1) is 13.2. The van der Waals surface area contributed by atoms with Gasteiger partial charge in [-0.3, -0.25) is 4.79 Å². The van der Waals surface area contributed by atoms with Gasteiger partial charge in [-0.05, 0) is 66.0 Å². The van der Waals surface area contributed by atoms with Crippen molar-refractivity contribution >= 4 is 5.78 Å². The van der Waals surface area contributed by atoms with E-state index in [1.54, 1.807) is 0 Å². The summed E-state index contributed by atoms with van der Waals surface area (Å²) in [5, 5.41) is 0. The zero-order valence-electron chi connectivity index (χ0n) is 17.2. The molecule has 3 rings (SSSR count). The van der Waals surface area contributed by atoms with Crippen LogP contribution in [0, 0.1) is 0 Å². The van der Waals surface area contributed by atoms with Crippen molar-refractivity contribution in [2.24, 2.45) is 0 Å². The number of aryl methyl sites for hydroxylation is 3. The maximum Gasteiger partial charge on any atom is 0.162 e. The Morgan fingerprint density at radius 1 is 0.778 bits per heavy atom. The van der Waals surface area contributed by atoms with Gasteiger partial charge in [-0.25, -0.2) is 0 Å². The molecule has 0 spiro atoms. The van der Waals surface area contributed by atoms with Gasteiger partial charge in [-0.15, -0.1) is 0 Å². The Kier molecular flexibility index (Phi) is 7.26. The fraction of sp³-hybridized carbons (Fsp3) is 0.500. The van der Waals surface area contributed by atoms with Crippen LogP contribution >= 0.6 is 0 Å². The molecule has 0 atom stereocenters. The van der Waals surface area contributed by atoms with E-state index < -0.39 is 0 Å². The van der Waals surface area contributed by atoms with E-state index in [1.165, 1.54) is 72.8 Å². The molecule has 0 fully saturated rings. The van der Waals surface area contributed by atoms with Gasteiger partial charge < -0.3 is 0 Å². The first-order valence-electron chi connectivity index (χ1n) is 11.0. The number of ketones is 1. The van der Waals surface area contributed by atoms with Crippen LogP contribution in [0.5, 0.6) is 0 Å². The SMILES string of the molecule is CCCCCCC(=O)c1ccc2c(c1)CCc1cc(CCCCC)ccc1-2. The van der Waals surface area contributed by atoms with Gasteiger partial charge in [-0.1, -0.05) is 76.3 Å². The molecule has 0 saturated heterocycles. The van der Waals surface area contributed by atoms with Gasteiger partial charge in [0.2, 0.25) is 0 Å². The van der Waals surface area contributed by atoms with E-state index in [-0.39, 0.29) is 0 Å². The van der Waals surface area contributed by atoms with E-state index in [1.807, 2.05) is 6.07 Å². The lowest BCUT2D eigenvalue weighted by molar-refractivity contribution is 0.0979. The molecule has 1 nitrogen and oxygen atoms in total. The Balaban J connectivity index is 1.71. The first-order valence-corrected chi connectivity index (χ1v) is 11.0. The summed E-state index contributed by atoms with van der Waals surface area (Å²) in [6.07, 6.45) is 12.5. The Hall–Kier alpha value is -1.89. The second-order valence-corrected chi connectivity index (χ2v) is 8.05. The summed E-state index contributed by atoms with van der Waals surface area (Å²) in [7, 11) is 0. The van der Waals surface area contributed by atoms with Crippen molar-refractivity contribution < 1.29 is 4.79 Å². The van der Waals surface area contributed by atoms with E-state index in [0.29, 0.717) is 12.2 Å². The molecule has 2 aromatic carbocycles. The van der Waals surface area contributed by atoms with Gasteiger partial charge in [0.05, 0.1) is 0 Å². The van der Waals surface area contributed by atoms with Crippen molar-refractivity contribution in [2.45, 2.75) is 84.5 Å². The zero-order chi connectivity index (χ0) is 19.1. The molecular formula is C26H34O. The van der Waals surface area contributed by atoms with Crippen LogP contribution in [-0.2, 0) is 19.3 Å². The smallest absolute Gasteiger partial charge is 0.162 e. The molecule has 0 heterocycles. The lowest BCUT2D eigenvalue weighted by Gasteiger charge is -2.21. The number of hydrogen-bond donors (Lipinski definition) is 0. The van der Waals surface area contributed by atoms with E-state index in [0.717, 1.165) is 24.8 Å². The third-order valence-electron chi connectivity index (χ3n) is 5.88. The van der Waals surface area contributed by atoms with Gasteiger partial charge in [0.1, 0.15) is 0 Å². The molecule has 1 aliphatic carbocycles. The number of fused-ring (bicyclic) bond motifs is 3. The lowest BCUT2D eigenvalue weighted by Crippen LogP contribution is -2.07. The summed E-state index contributed by atoms with van der Waals surface area (Å²) in [6.45, 7) is 4.46. The highest BCUT2D eigenvalue weighted by Gasteiger charge is 2.18. The minimum atomic E-state index is 0.311. The molecular weight excluding hydrogens is 328 g/mol. The van der Waals surface area contributed by atoms with Crippen LogP contribution in [0.25, 0.3) is 11.1 Å². The average molecular weight is 363 g/mol. The molecule has 0 unspecified atom stereocenters. The third kappa shape index (κ3) is 5.09. The van der Waals surface area contributed by atoms with Crippen molar-refractivity contribution in [3.8, 4) is 11.1 Å². The first kappa shape index (κ1) is 19.9. The largest absolute Gasteiger partial charge is 0.294 e. The summed E-state index contributed by atoms with van der Waals surface area (Å²) >= 11 is 0. The number of carbonyl (C=O) groups is 1. The molecule has 0 saturated carbocycles. The molecule has 0 bridgehead atoms. The van der Waals surface area contributed by atoms with Crippen molar-refractivity contribution in [1.82, 2.24) is 0 Å². The molecule has 0 aliphatic heterocycles. The predicted octanol–water partition coefficient (Wildman–Crippen LogP) is 7.34. The fourth-order valence-electron chi connectivity index (χ4n) is 4.21. The number of Topliss-reactive ketones (excluding diaryl/α,β-unsaturated/α-hetero) is 1. The number of carbonyl (C=O) groups excluding carboxylic acids is 1. The number of rotatable bonds is 10. The maximum absolute atomic E-state index is 12.5. The predicted molar refractivity (Wildman–Crippen MR) is 116 cm³/mol. The van der Waals surface area contributed by atoms with Crippen LogP contribution in [0.3, 0.4) is 0 Å². The van der Waals surface area contributed by atoms with E-state index in [4.69, 9.17) is 0 Å². The molecule has 1 heteroatoms. The highest BCUT2D eigenvalue weighted by atomic mass is 16.1. The summed E-state index contributed by atoms with van der Waals surface area (Å²) in [4.78, 5) is 12.5. The molecule has 2 aromatic rings. The molecule has 0 N–H and O–H groups in total. The quantitative estimate of drug-likeness (QED) is 0.319. The van der Waals surface area contributed by atoms with Gasteiger partial charge in [0.25, 0.3) is 0 Å². The van der Waals surface area contributed by atoms with Crippen molar-refractivity contribution in [1.29, 1.82) is 0 Å². The molecule has 0 amide bonds. The zero-order valence-corrected chi connectivity index (χ0v) is 17.2. The topological polar surface area (TPSA) is 17.1 Å².